The fraction of sp³-hybridized carbons (Fsp3) is 0.143. The molecule has 0 bridgehead atoms. The van der Waals surface area contributed by atoms with Crippen LogP contribution >= 0.6 is 0 Å². The molecule has 4 aromatic rings. The van der Waals surface area contributed by atoms with Crippen molar-refractivity contribution in [2.45, 2.75) is 6.42 Å². The van der Waals surface area contributed by atoms with Crippen LogP contribution in [-0.4, -0.2) is 39.3 Å². The number of benzene rings is 2. The number of ether oxygens (including phenoxy) is 1. The fourth-order valence-corrected chi connectivity index (χ4v) is 3.16. The Hall–Kier alpha value is -3.74. The Morgan fingerprint density at radius 3 is 2.64 bits per heavy atom. The smallest absolute Gasteiger partial charge is 0.252 e. The number of pyridine rings is 1. The molecule has 0 aliphatic carbocycles. The highest BCUT2D eigenvalue weighted by Gasteiger charge is 2.10. The number of amides is 1. The second kappa shape index (κ2) is 7.87. The molecule has 28 heavy (non-hydrogen) atoms. The van der Waals surface area contributed by atoms with Crippen LogP contribution in [0.1, 0.15) is 15.9 Å². The number of methoxy groups -OCH3 is 1. The van der Waals surface area contributed by atoms with Gasteiger partial charge in [0, 0.05) is 18.3 Å². The first-order valence-corrected chi connectivity index (χ1v) is 8.90. The summed E-state index contributed by atoms with van der Waals surface area (Å²) in [5, 5.41) is 12.7. The minimum absolute atomic E-state index is 0.165. The highest BCUT2D eigenvalue weighted by molar-refractivity contribution is 5.94. The van der Waals surface area contributed by atoms with Crippen LogP contribution < -0.4 is 10.1 Å². The zero-order valence-electron chi connectivity index (χ0n) is 15.4. The second-order valence-corrected chi connectivity index (χ2v) is 6.25. The number of aromatic nitrogens is 4. The van der Waals surface area contributed by atoms with E-state index in [9.17, 15) is 4.79 Å². The maximum absolute atomic E-state index is 12.4. The number of carbonyl (C=O) groups excluding carboxylic acids is 1. The summed E-state index contributed by atoms with van der Waals surface area (Å²) in [4.78, 5) is 16.7. The van der Waals surface area contributed by atoms with Crippen molar-refractivity contribution < 1.29 is 9.53 Å². The first kappa shape index (κ1) is 17.7. The zero-order chi connectivity index (χ0) is 19.3. The van der Waals surface area contributed by atoms with E-state index >= 15 is 0 Å². The third-order valence-electron chi connectivity index (χ3n) is 4.57. The predicted octanol–water partition coefficient (Wildman–Crippen LogP) is 2.80. The lowest BCUT2D eigenvalue weighted by Gasteiger charge is -2.13. The van der Waals surface area contributed by atoms with Gasteiger partial charge in [-0.2, -0.15) is 0 Å². The molecule has 0 unspecified atom stereocenters. The summed E-state index contributed by atoms with van der Waals surface area (Å²) < 4.78 is 7.18. The maximum atomic E-state index is 12.4. The van der Waals surface area contributed by atoms with E-state index in [0.717, 1.165) is 22.1 Å². The topological polar surface area (TPSA) is 81.9 Å². The number of carbonyl (C=O) groups is 1. The summed E-state index contributed by atoms with van der Waals surface area (Å²) in [7, 11) is 1.66. The number of nitrogens with zero attached hydrogens (tertiary/aromatic N) is 4. The lowest BCUT2D eigenvalue weighted by atomic mass is 10.0. The van der Waals surface area contributed by atoms with E-state index in [4.69, 9.17) is 4.74 Å². The van der Waals surface area contributed by atoms with Crippen molar-refractivity contribution in [2.75, 3.05) is 13.7 Å². The van der Waals surface area contributed by atoms with Gasteiger partial charge in [-0.1, -0.05) is 30.3 Å². The lowest BCUT2D eigenvalue weighted by molar-refractivity contribution is 0.0953. The second-order valence-electron chi connectivity index (χ2n) is 6.25. The van der Waals surface area contributed by atoms with E-state index in [2.05, 4.69) is 32.6 Å². The quantitative estimate of drug-likeness (QED) is 0.562. The van der Waals surface area contributed by atoms with Gasteiger partial charge in [0.2, 0.25) is 0 Å². The number of hydrogen-bond donors (Lipinski definition) is 1. The molecule has 0 radical (unpaired) electrons. The molecule has 140 valence electrons. The van der Waals surface area contributed by atoms with Gasteiger partial charge in [-0.3, -0.25) is 9.36 Å². The van der Waals surface area contributed by atoms with Gasteiger partial charge >= 0.3 is 0 Å². The minimum Gasteiger partial charge on any atom is -0.496 e. The lowest BCUT2D eigenvalue weighted by Crippen LogP contribution is -2.26. The van der Waals surface area contributed by atoms with Gasteiger partial charge in [-0.05, 0) is 35.4 Å². The number of nitrogens with one attached hydrogen (secondary N) is 1. The predicted molar refractivity (Wildman–Crippen MR) is 106 cm³/mol. The van der Waals surface area contributed by atoms with E-state index < -0.39 is 0 Å². The molecule has 0 saturated heterocycles. The van der Waals surface area contributed by atoms with Crippen LogP contribution in [-0.2, 0) is 6.42 Å². The van der Waals surface area contributed by atoms with E-state index in [-0.39, 0.29) is 5.91 Å². The molecule has 7 heteroatoms. The molecule has 1 amide bonds. The Bertz CT molecular complexity index is 1090. The fourth-order valence-electron chi connectivity index (χ4n) is 3.16. The minimum atomic E-state index is -0.165. The summed E-state index contributed by atoms with van der Waals surface area (Å²) in [6, 6.07) is 15.7. The van der Waals surface area contributed by atoms with Crippen LogP contribution in [0.25, 0.3) is 16.6 Å². The van der Waals surface area contributed by atoms with Gasteiger partial charge in [0.1, 0.15) is 24.2 Å². The first-order chi connectivity index (χ1) is 13.8. The summed E-state index contributed by atoms with van der Waals surface area (Å²) >= 11 is 0. The van der Waals surface area contributed by atoms with Gasteiger partial charge in [0.05, 0.1) is 12.7 Å². The van der Waals surface area contributed by atoms with Gasteiger partial charge < -0.3 is 10.1 Å². The Morgan fingerprint density at radius 1 is 1.07 bits per heavy atom. The molecular weight excluding hydrogens is 354 g/mol. The number of hydrogen-bond acceptors (Lipinski definition) is 5. The zero-order valence-corrected chi connectivity index (χ0v) is 15.4. The average Bonchev–Trinajstić information content (AvgIpc) is 3.29. The van der Waals surface area contributed by atoms with Crippen molar-refractivity contribution in [3.8, 4) is 11.6 Å². The van der Waals surface area contributed by atoms with E-state index in [1.54, 1.807) is 42.7 Å². The van der Waals surface area contributed by atoms with Crippen molar-refractivity contribution in [2.24, 2.45) is 0 Å². The molecule has 0 fully saturated rings. The molecule has 2 heterocycles. The Balaban J connectivity index is 1.44. The standard InChI is InChI=1S/C21H19N5O2/c1-28-19-8-6-15-4-2-3-5-17(15)18(19)10-11-22-21(27)16-7-9-20(23-12-16)26-13-24-25-14-26/h2-9,12-14H,10-11H2,1H3,(H,22,27). The summed E-state index contributed by atoms with van der Waals surface area (Å²) in [6.07, 6.45) is 5.32. The summed E-state index contributed by atoms with van der Waals surface area (Å²) in [5.74, 6) is 1.32. The van der Waals surface area contributed by atoms with Crippen molar-refractivity contribution in [3.63, 3.8) is 0 Å². The third-order valence-corrected chi connectivity index (χ3v) is 4.57. The molecule has 7 nitrogen and oxygen atoms in total. The molecule has 1 N–H and O–H groups in total. The first-order valence-electron chi connectivity index (χ1n) is 8.90. The molecule has 0 saturated carbocycles. The van der Waals surface area contributed by atoms with Gasteiger partial charge in [-0.25, -0.2) is 4.98 Å². The van der Waals surface area contributed by atoms with Crippen molar-refractivity contribution in [3.05, 3.63) is 78.5 Å². The average molecular weight is 373 g/mol. The Labute approximate surface area is 162 Å². The SMILES string of the molecule is COc1ccc2ccccc2c1CCNC(=O)c1ccc(-n2cnnc2)nc1. The number of fused-ring (bicyclic) bond motifs is 1. The highest BCUT2D eigenvalue weighted by atomic mass is 16.5. The van der Waals surface area contributed by atoms with Crippen molar-refractivity contribution in [1.29, 1.82) is 0 Å². The molecule has 0 spiro atoms. The molecule has 0 atom stereocenters. The van der Waals surface area contributed by atoms with E-state index in [1.807, 2.05) is 24.3 Å². The third kappa shape index (κ3) is 3.55. The van der Waals surface area contributed by atoms with E-state index in [1.165, 1.54) is 0 Å². The van der Waals surface area contributed by atoms with Crippen LogP contribution in [0.15, 0.2) is 67.4 Å². The van der Waals surface area contributed by atoms with Crippen molar-refractivity contribution >= 4 is 16.7 Å². The van der Waals surface area contributed by atoms with Gasteiger partial charge in [0.15, 0.2) is 0 Å². The monoisotopic (exact) mass is 373 g/mol. The maximum Gasteiger partial charge on any atom is 0.252 e. The molecule has 2 aromatic carbocycles. The Kier molecular flexibility index (Phi) is 4.97. The highest BCUT2D eigenvalue weighted by Crippen LogP contribution is 2.28. The van der Waals surface area contributed by atoms with Gasteiger partial charge in [-0.15, -0.1) is 10.2 Å². The molecule has 0 aliphatic heterocycles. The molecular formula is C21H19N5O2. The van der Waals surface area contributed by atoms with Crippen LogP contribution in [0.5, 0.6) is 5.75 Å². The summed E-state index contributed by atoms with van der Waals surface area (Å²) in [5.41, 5.74) is 1.59. The molecule has 2 aromatic heterocycles. The van der Waals surface area contributed by atoms with Crippen LogP contribution in [0.4, 0.5) is 0 Å². The molecule has 0 aliphatic rings. The Morgan fingerprint density at radius 2 is 1.89 bits per heavy atom. The number of rotatable bonds is 6. The summed E-state index contributed by atoms with van der Waals surface area (Å²) in [6.45, 7) is 0.496. The largest absolute Gasteiger partial charge is 0.496 e. The van der Waals surface area contributed by atoms with Crippen LogP contribution in [0.2, 0.25) is 0 Å². The normalized spacial score (nSPS) is 10.8. The van der Waals surface area contributed by atoms with Crippen LogP contribution in [0.3, 0.4) is 0 Å². The van der Waals surface area contributed by atoms with Crippen LogP contribution in [0, 0.1) is 0 Å². The van der Waals surface area contributed by atoms with Gasteiger partial charge in [0.25, 0.3) is 5.91 Å². The van der Waals surface area contributed by atoms with Crippen molar-refractivity contribution in [1.82, 2.24) is 25.1 Å². The molecule has 4 rings (SSSR count). The van der Waals surface area contributed by atoms with E-state index in [0.29, 0.717) is 24.3 Å².